The Morgan fingerprint density at radius 2 is 1.75 bits per heavy atom. The van der Waals surface area contributed by atoms with Crippen molar-refractivity contribution in [2.75, 3.05) is 7.11 Å². The van der Waals surface area contributed by atoms with Gasteiger partial charge in [0.1, 0.15) is 0 Å². The molecule has 0 saturated heterocycles. The molecule has 2 aliphatic carbocycles. The van der Waals surface area contributed by atoms with Crippen LogP contribution in [-0.2, 0) is 16.6 Å². The summed E-state index contributed by atoms with van der Waals surface area (Å²) in [5.41, 5.74) is 3.82. The van der Waals surface area contributed by atoms with Crippen molar-refractivity contribution in [3.05, 3.63) is 89.3 Å². The zero-order valence-corrected chi connectivity index (χ0v) is 18.3. The van der Waals surface area contributed by atoms with Crippen molar-refractivity contribution in [3.63, 3.8) is 0 Å². The highest BCUT2D eigenvalue weighted by molar-refractivity contribution is 5.98. The van der Waals surface area contributed by atoms with Gasteiger partial charge < -0.3 is 9.84 Å². The van der Waals surface area contributed by atoms with Gasteiger partial charge in [-0.3, -0.25) is 4.79 Å². The summed E-state index contributed by atoms with van der Waals surface area (Å²) in [6.07, 6.45) is 2.98. The molecule has 3 unspecified atom stereocenters. The van der Waals surface area contributed by atoms with Gasteiger partial charge in [0.15, 0.2) is 11.6 Å². The molecule has 1 aromatic heterocycles. The lowest BCUT2D eigenvalue weighted by Gasteiger charge is -2.50. The number of hydrogen-bond acceptors (Lipinski definition) is 5. The van der Waals surface area contributed by atoms with Crippen LogP contribution in [0.3, 0.4) is 0 Å². The van der Waals surface area contributed by atoms with Crippen molar-refractivity contribution >= 4 is 5.78 Å². The Balaban J connectivity index is 1.84. The van der Waals surface area contributed by atoms with Crippen molar-refractivity contribution in [1.29, 1.82) is 0 Å². The molecule has 0 radical (unpaired) electrons. The number of ether oxygens (including phenoxy) is 1. The second kappa shape index (κ2) is 7.90. The first-order chi connectivity index (χ1) is 15.6. The van der Waals surface area contributed by atoms with Gasteiger partial charge in [-0.25, -0.2) is 4.98 Å². The Bertz CT molecular complexity index is 1190. The molecule has 3 atom stereocenters. The molecule has 5 nitrogen and oxygen atoms in total. The van der Waals surface area contributed by atoms with Gasteiger partial charge >= 0.3 is 0 Å². The Morgan fingerprint density at radius 1 is 1.06 bits per heavy atom. The van der Waals surface area contributed by atoms with Crippen LogP contribution in [0.4, 0.5) is 0 Å². The lowest BCUT2D eigenvalue weighted by Crippen LogP contribution is -2.51. The molecule has 1 heterocycles. The van der Waals surface area contributed by atoms with Crippen LogP contribution in [-0.4, -0.2) is 28.0 Å². The van der Waals surface area contributed by atoms with Gasteiger partial charge in [-0.05, 0) is 30.7 Å². The number of nitrogens with zero attached hydrogens (tertiary/aromatic N) is 2. The minimum atomic E-state index is -0.545. The van der Waals surface area contributed by atoms with Gasteiger partial charge in [-0.1, -0.05) is 67.6 Å². The van der Waals surface area contributed by atoms with Crippen molar-refractivity contribution in [3.8, 4) is 17.3 Å². The Labute approximate surface area is 187 Å². The predicted octanol–water partition coefficient (Wildman–Crippen LogP) is 5.05. The van der Waals surface area contributed by atoms with Crippen molar-refractivity contribution in [2.24, 2.45) is 11.8 Å². The minimum Gasteiger partial charge on any atom is -0.515 e. The molecule has 0 aliphatic heterocycles. The van der Waals surface area contributed by atoms with Crippen molar-refractivity contribution < 1.29 is 14.6 Å². The number of ketones is 1. The quantitative estimate of drug-likeness (QED) is 0.469. The molecule has 1 fully saturated rings. The molecule has 0 amide bonds. The van der Waals surface area contributed by atoms with E-state index in [-0.39, 0.29) is 17.6 Å². The average molecular weight is 427 g/mol. The number of hydrogen-bond donors (Lipinski definition) is 1. The number of Topliss-reactive ketones (excluding diaryl/α,β-unsaturated/α-hetero) is 1. The third-order valence-corrected chi connectivity index (χ3v) is 7.20. The van der Waals surface area contributed by atoms with E-state index >= 15 is 0 Å². The number of fused-ring (bicyclic) bond motifs is 3. The van der Waals surface area contributed by atoms with E-state index in [0.717, 1.165) is 41.5 Å². The Morgan fingerprint density at radius 3 is 2.41 bits per heavy atom. The van der Waals surface area contributed by atoms with Gasteiger partial charge in [-0.2, -0.15) is 4.98 Å². The number of aromatic nitrogens is 2. The highest BCUT2D eigenvalue weighted by Crippen LogP contribution is 2.56. The number of aliphatic hydroxyl groups is 1. The molecule has 2 aromatic carbocycles. The van der Waals surface area contributed by atoms with E-state index < -0.39 is 5.41 Å². The van der Waals surface area contributed by atoms with E-state index in [1.165, 1.54) is 0 Å². The first kappa shape index (κ1) is 20.4. The van der Waals surface area contributed by atoms with Crippen LogP contribution < -0.4 is 4.74 Å². The smallest absolute Gasteiger partial charge is 0.220 e. The standard InChI is InChI=1S/C27H26N2O3/c1-17-22-14-13-21-24(28-25(29-26(21)32-2)18-9-5-3-6-10-18)27(22,15-19(16-30)23(17)31)20-11-7-4-8-12-20/h3-12,16-17,22,30H,13-15H2,1-2H3. The number of rotatable bonds is 3. The number of methoxy groups -OCH3 is 1. The summed E-state index contributed by atoms with van der Waals surface area (Å²) in [6.45, 7) is 1.98. The summed E-state index contributed by atoms with van der Waals surface area (Å²) in [5, 5.41) is 9.97. The first-order valence-electron chi connectivity index (χ1n) is 11.0. The van der Waals surface area contributed by atoms with Gasteiger partial charge in [0, 0.05) is 28.0 Å². The molecule has 2 aliphatic rings. The molecule has 5 rings (SSSR count). The molecule has 162 valence electrons. The third kappa shape index (κ3) is 2.95. The van der Waals surface area contributed by atoms with Crippen LogP contribution in [0.15, 0.2) is 72.5 Å². The molecule has 3 aromatic rings. The van der Waals surface area contributed by atoms with Crippen LogP contribution in [0, 0.1) is 11.8 Å². The largest absolute Gasteiger partial charge is 0.515 e. The molecule has 5 heteroatoms. The number of carbonyl (C=O) groups is 1. The topological polar surface area (TPSA) is 72.3 Å². The normalized spacial score (nSPS) is 25.8. The third-order valence-electron chi connectivity index (χ3n) is 7.20. The fourth-order valence-electron chi connectivity index (χ4n) is 5.72. The molecule has 0 bridgehead atoms. The first-order valence-corrected chi connectivity index (χ1v) is 11.0. The van der Waals surface area contributed by atoms with Crippen molar-refractivity contribution in [1.82, 2.24) is 9.97 Å². The van der Waals surface area contributed by atoms with E-state index in [0.29, 0.717) is 23.7 Å². The van der Waals surface area contributed by atoms with Crippen LogP contribution in [0.2, 0.25) is 0 Å². The second-order valence-corrected chi connectivity index (χ2v) is 8.72. The fraction of sp³-hybridized carbons (Fsp3) is 0.296. The maximum atomic E-state index is 13.0. The van der Waals surface area contributed by atoms with Gasteiger partial charge in [0.2, 0.25) is 5.88 Å². The zero-order chi connectivity index (χ0) is 22.3. The number of allylic oxidation sites excluding steroid dienone is 1. The number of carbonyl (C=O) groups excluding carboxylic acids is 1. The maximum Gasteiger partial charge on any atom is 0.220 e. The van der Waals surface area contributed by atoms with Gasteiger partial charge in [0.05, 0.1) is 19.1 Å². The Hall–Kier alpha value is -3.47. The summed E-state index contributed by atoms with van der Waals surface area (Å²) < 4.78 is 5.75. The second-order valence-electron chi connectivity index (χ2n) is 8.72. The summed E-state index contributed by atoms with van der Waals surface area (Å²) in [5.74, 6) is 1.06. The maximum absolute atomic E-state index is 13.0. The monoisotopic (exact) mass is 426 g/mol. The average Bonchev–Trinajstić information content (AvgIpc) is 2.86. The van der Waals surface area contributed by atoms with Crippen LogP contribution >= 0.6 is 0 Å². The fourth-order valence-corrected chi connectivity index (χ4v) is 5.72. The zero-order valence-electron chi connectivity index (χ0n) is 18.3. The summed E-state index contributed by atoms with van der Waals surface area (Å²) in [4.78, 5) is 22.9. The highest BCUT2D eigenvalue weighted by atomic mass is 16.5. The molecule has 0 spiro atoms. The van der Waals surface area contributed by atoms with Crippen LogP contribution in [0.1, 0.15) is 36.6 Å². The van der Waals surface area contributed by atoms with E-state index in [1.54, 1.807) is 7.11 Å². The molecule has 32 heavy (non-hydrogen) atoms. The van der Waals surface area contributed by atoms with E-state index in [4.69, 9.17) is 14.7 Å². The van der Waals surface area contributed by atoms with Gasteiger partial charge in [0.25, 0.3) is 0 Å². The predicted molar refractivity (Wildman–Crippen MR) is 123 cm³/mol. The highest BCUT2D eigenvalue weighted by Gasteiger charge is 2.55. The lowest BCUT2D eigenvalue weighted by atomic mass is 9.52. The lowest BCUT2D eigenvalue weighted by molar-refractivity contribution is -0.123. The SMILES string of the molecule is COc1nc(-c2ccccc2)nc2c1CCC1C(C)C(=O)C(=CO)CC21c1ccccc1. The van der Waals surface area contributed by atoms with Crippen molar-refractivity contribution in [2.45, 2.75) is 31.6 Å². The summed E-state index contributed by atoms with van der Waals surface area (Å²) in [6, 6.07) is 20.1. The molecular weight excluding hydrogens is 400 g/mol. The van der Waals surface area contributed by atoms with E-state index in [9.17, 15) is 9.90 Å². The summed E-state index contributed by atoms with van der Waals surface area (Å²) in [7, 11) is 1.64. The molecule has 1 saturated carbocycles. The number of benzene rings is 2. The Kier molecular flexibility index (Phi) is 5.04. The number of aliphatic hydroxyl groups excluding tert-OH is 1. The molecule has 1 N–H and O–H groups in total. The van der Waals surface area contributed by atoms with E-state index in [1.807, 2.05) is 55.5 Å². The summed E-state index contributed by atoms with van der Waals surface area (Å²) >= 11 is 0. The van der Waals surface area contributed by atoms with Crippen LogP contribution in [0.25, 0.3) is 11.4 Å². The molecular formula is C27H26N2O3. The minimum absolute atomic E-state index is 0.0248. The van der Waals surface area contributed by atoms with Gasteiger partial charge in [-0.15, -0.1) is 0 Å². The van der Waals surface area contributed by atoms with E-state index in [2.05, 4.69) is 12.1 Å². The van der Waals surface area contributed by atoms with Crippen LogP contribution in [0.5, 0.6) is 5.88 Å².